The minimum atomic E-state index is -0.326. The first-order chi connectivity index (χ1) is 10.1. The number of anilines is 1. The molecular formula is C17H14Cl2N2. The summed E-state index contributed by atoms with van der Waals surface area (Å²) >= 11 is 11.9. The fraction of sp³-hybridized carbons (Fsp3) is 0.0588. The van der Waals surface area contributed by atoms with E-state index in [0.717, 1.165) is 16.6 Å². The van der Waals surface area contributed by atoms with Crippen molar-refractivity contribution in [1.82, 2.24) is 0 Å². The molecule has 0 fully saturated rings. The van der Waals surface area contributed by atoms with Gasteiger partial charge in [0, 0.05) is 5.69 Å². The summed E-state index contributed by atoms with van der Waals surface area (Å²) in [6.07, 6.45) is -0.326. The average Bonchev–Trinajstić information content (AvgIpc) is 2.50. The number of halogens is 2. The number of hydrogen-bond acceptors (Lipinski definition) is 2. The Labute approximate surface area is 133 Å². The van der Waals surface area contributed by atoms with Crippen molar-refractivity contribution in [3.63, 3.8) is 0 Å². The molecule has 0 heterocycles. The van der Waals surface area contributed by atoms with E-state index in [9.17, 15) is 0 Å². The second-order valence-electron chi connectivity index (χ2n) is 4.82. The summed E-state index contributed by atoms with van der Waals surface area (Å²) in [4.78, 5) is 0. The van der Waals surface area contributed by atoms with Crippen LogP contribution in [0.1, 0.15) is 11.7 Å². The lowest BCUT2D eigenvalue weighted by Crippen LogP contribution is -2.20. The Morgan fingerprint density at radius 3 is 2.43 bits per heavy atom. The summed E-state index contributed by atoms with van der Waals surface area (Å²) in [7, 11) is 0. The molecule has 0 spiro atoms. The predicted molar refractivity (Wildman–Crippen MR) is 91.0 cm³/mol. The van der Waals surface area contributed by atoms with Crippen LogP contribution in [-0.4, -0.2) is 0 Å². The molecule has 0 amide bonds. The molecule has 3 aromatic rings. The van der Waals surface area contributed by atoms with E-state index in [0.29, 0.717) is 10.0 Å². The van der Waals surface area contributed by atoms with Crippen molar-refractivity contribution in [2.75, 3.05) is 5.32 Å². The second-order valence-corrected chi connectivity index (χ2v) is 5.63. The van der Waals surface area contributed by atoms with E-state index in [4.69, 9.17) is 28.9 Å². The van der Waals surface area contributed by atoms with Gasteiger partial charge in [-0.1, -0.05) is 65.7 Å². The van der Waals surface area contributed by atoms with Gasteiger partial charge in [0.1, 0.15) is 6.17 Å². The van der Waals surface area contributed by atoms with Crippen molar-refractivity contribution >= 4 is 39.7 Å². The fourth-order valence-electron chi connectivity index (χ4n) is 2.36. The van der Waals surface area contributed by atoms with Gasteiger partial charge in [0.15, 0.2) is 0 Å². The number of benzene rings is 3. The van der Waals surface area contributed by atoms with E-state index in [2.05, 4.69) is 23.5 Å². The summed E-state index contributed by atoms with van der Waals surface area (Å²) < 4.78 is 0. The maximum atomic E-state index is 6.29. The summed E-state index contributed by atoms with van der Waals surface area (Å²) in [5.41, 5.74) is 8.17. The van der Waals surface area contributed by atoms with Crippen LogP contribution in [0, 0.1) is 0 Å². The summed E-state index contributed by atoms with van der Waals surface area (Å²) in [5, 5.41) is 6.59. The van der Waals surface area contributed by atoms with Gasteiger partial charge >= 0.3 is 0 Å². The Kier molecular flexibility index (Phi) is 4.02. The molecular weight excluding hydrogens is 303 g/mol. The third-order valence-electron chi connectivity index (χ3n) is 3.40. The SMILES string of the molecule is NC(Nc1ccc(Cl)c(Cl)c1)c1cccc2ccccc12. The Morgan fingerprint density at radius 2 is 1.62 bits per heavy atom. The maximum Gasteiger partial charge on any atom is 0.101 e. The van der Waals surface area contributed by atoms with Crippen LogP contribution in [-0.2, 0) is 0 Å². The van der Waals surface area contributed by atoms with Crippen LogP contribution in [0.15, 0.2) is 60.7 Å². The van der Waals surface area contributed by atoms with Gasteiger partial charge in [-0.25, -0.2) is 0 Å². The highest BCUT2D eigenvalue weighted by atomic mass is 35.5. The monoisotopic (exact) mass is 316 g/mol. The molecule has 2 nitrogen and oxygen atoms in total. The van der Waals surface area contributed by atoms with Crippen molar-refractivity contribution in [2.24, 2.45) is 5.73 Å². The minimum absolute atomic E-state index is 0.326. The molecule has 0 bridgehead atoms. The van der Waals surface area contributed by atoms with Crippen LogP contribution >= 0.6 is 23.2 Å². The Hall–Kier alpha value is -1.74. The molecule has 0 aliphatic carbocycles. The smallest absolute Gasteiger partial charge is 0.101 e. The van der Waals surface area contributed by atoms with Crippen LogP contribution in [0.5, 0.6) is 0 Å². The topological polar surface area (TPSA) is 38.0 Å². The summed E-state index contributed by atoms with van der Waals surface area (Å²) in [6.45, 7) is 0. The molecule has 0 aliphatic heterocycles. The molecule has 3 rings (SSSR count). The largest absolute Gasteiger partial charge is 0.366 e. The van der Waals surface area contributed by atoms with E-state index >= 15 is 0 Å². The van der Waals surface area contributed by atoms with E-state index in [-0.39, 0.29) is 6.17 Å². The molecule has 0 saturated heterocycles. The van der Waals surface area contributed by atoms with Gasteiger partial charge in [0.05, 0.1) is 10.0 Å². The quantitative estimate of drug-likeness (QED) is 0.650. The van der Waals surface area contributed by atoms with Crippen molar-refractivity contribution in [2.45, 2.75) is 6.17 Å². The number of rotatable bonds is 3. The van der Waals surface area contributed by atoms with E-state index in [1.54, 1.807) is 12.1 Å². The third kappa shape index (κ3) is 2.98. The highest BCUT2D eigenvalue weighted by Crippen LogP contribution is 2.28. The molecule has 0 radical (unpaired) electrons. The standard InChI is InChI=1S/C17H14Cl2N2/c18-15-9-8-12(10-16(15)19)21-17(20)14-7-3-5-11-4-1-2-6-13(11)14/h1-10,17,21H,20H2. The zero-order valence-electron chi connectivity index (χ0n) is 11.2. The van der Waals surface area contributed by atoms with E-state index < -0.39 is 0 Å². The normalized spacial score (nSPS) is 12.3. The first kappa shape index (κ1) is 14.2. The van der Waals surface area contributed by atoms with Gasteiger partial charge in [-0.05, 0) is 34.5 Å². The van der Waals surface area contributed by atoms with E-state index in [1.165, 1.54) is 5.39 Å². The Bertz CT molecular complexity index is 781. The van der Waals surface area contributed by atoms with Crippen LogP contribution < -0.4 is 11.1 Å². The molecule has 0 aromatic heterocycles. The minimum Gasteiger partial charge on any atom is -0.366 e. The highest BCUT2D eigenvalue weighted by Gasteiger charge is 2.10. The zero-order valence-corrected chi connectivity index (χ0v) is 12.7. The maximum absolute atomic E-state index is 6.29. The summed E-state index contributed by atoms with van der Waals surface area (Å²) in [6, 6.07) is 19.7. The molecule has 21 heavy (non-hydrogen) atoms. The number of nitrogens with one attached hydrogen (secondary N) is 1. The number of fused-ring (bicyclic) bond motifs is 1. The molecule has 0 aliphatic rings. The lowest BCUT2D eigenvalue weighted by atomic mass is 10.0. The first-order valence-corrected chi connectivity index (χ1v) is 7.35. The molecule has 106 valence electrons. The second kappa shape index (κ2) is 5.94. The Morgan fingerprint density at radius 1 is 0.857 bits per heavy atom. The van der Waals surface area contributed by atoms with Crippen molar-refractivity contribution < 1.29 is 0 Å². The van der Waals surface area contributed by atoms with Crippen molar-refractivity contribution in [3.8, 4) is 0 Å². The van der Waals surface area contributed by atoms with Crippen LogP contribution in [0.25, 0.3) is 10.8 Å². The van der Waals surface area contributed by atoms with Gasteiger partial charge in [-0.15, -0.1) is 0 Å². The van der Waals surface area contributed by atoms with Crippen molar-refractivity contribution in [3.05, 3.63) is 76.3 Å². The molecule has 0 saturated carbocycles. The average molecular weight is 317 g/mol. The van der Waals surface area contributed by atoms with Gasteiger partial charge in [-0.2, -0.15) is 0 Å². The van der Waals surface area contributed by atoms with Gasteiger partial charge in [0.25, 0.3) is 0 Å². The zero-order chi connectivity index (χ0) is 14.8. The lowest BCUT2D eigenvalue weighted by Gasteiger charge is -2.18. The summed E-state index contributed by atoms with van der Waals surface area (Å²) in [5.74, 6) is 0. The van der Waals surface area contributed by atoms with Gasteiger partial charge in [0.2, 0.25) is 0 Å². The fourth-order valence-corrected chi connectivity index (χ4v) is 2.66. The Balaban J connectivity index is 1.93. The molecule has 1 unspecified atom stereocenters. The molecule has 4 heteroatoms. The molecule has 3 N–H and O–H groups in total. The number of nitrogens with two attached hydrogens (primary N) is 1. The highest BCUT2D eigenvalue weighted by molar-refractivity contribution is 6.42. The predicted octanol–water partition coefficient (Wildman–Crippen LogP) is 5.22. The van der Waals surface area contributed by atoms with Crippen LogP contribution in [0.4, 0.5) is 5.69 Å². The van der Waals surface area contributed by atoms with Crippen molar-refractivity contribution in [1.29, 1.82) is 0 Å². The van der Waals surface area contributed by atoms with Crippen LogP contribution in [0.2, 0.25) is 10.0 Å². The van der Waals surface area contributed by atoms with Gasteiger partial charge < -0.3 is 11.1 Å². The lowest BCUT2D eigenvalue weighted by molar-refractivity contribution is 0.845. The van der Waals surface area contributed by atoms with Gasteiger partial charge in [-0.3, -0.25) is 0 Å². The van der Waals surface area contributed by atoms with Crippen LogP contribution in [0.3, 0.4) is 0 Å². The van der Waals surface area contributed by atoms with E-state index in [1.807, 2.05) is 30.3 Å². The first-order valence-electron chi connectivity index (χ1n) is 6.60. The molecule has 1 atom stereocenters. The molecule has 3 aromatic carbocycles. The third-order valence-corrected chi connectivity index (χ3v) is 4.14. The number of hydrogen-bond donors (Lipinski definition) is 2.